The van der Waals surface area contributed by atoms with Crippen LogP contribution in [0.5, 0.6) is 0 Å². The first-order valence-electron chi connectivity index (χ1n) is 6.26. The number of rotatable bonds is 3. The van der Waals surface area contributed by atoms with Crippen LogP contribution < -0.4 is 5.32 Å². The summed E-state index contributed by atoms with van der Waals surface area (Å²) in [5.41, 5.74) is -0.846. The lowest BCUT2D eigenvalue weighted by Gasteiger charge is -2.28. The van der Waals surface area contributed by atoms with E-state index in [2.05, 4.69) is 26.2 Å². The number of hydrogen-bond acceptors (Lipinski definition) is 4. The molecule has 110 valence electrons. The number of nitrogens with zero attached hydrogens (tertiary/aromatic N) is 2. The molecule has 0 aromatic carbocycles. The van der Waals surface area contributed by atoms with Crippen LogP contribution in [-0.2, 0) is 4.79 Å². The average Bonchev–Trinajstić information content (AvgIpc) is 2.96. The Balaban J connectivity index is 2.05. The van der Waals surface area contributed by atoms with Gasteiger partial charge in [-0.3, -0.25) is 10.1 Å². The zero-order chi connectivity index (χ0) is 14.9. The Morgan fingerprint density at radius 1 is 1.60 bits per heavy atom. The summed E-state index contributed by atoms with van der Waals surface area (Å²) in [5, 5.41) is 12.6. The SMILES string of the molecule is CC(C)C1(C(=O)O)CCN(C(=O)Nc2ncc(Br)s2)C1. The molecule has 6 nitrogen and oxygen atoms in total. The highest BCUT2D eigenvalue weighted by Crippen LogP contribution is 2.38. The van der Waals surface area contributed by atoms with Crippen molar-refractivity contribution in [3.63, 3.8) is 0 Å². The number of hydrogen-bond donors (Lipinski definition) is 2. The Labute approximate surface area is 129 Å². The largest absolute Gasteiger partial charge is 0.481 e. The van der Waals surface area contributed by atoms with Gasteiger partial charge in [0.05, 0.1) is 15.4 Å². The number of aliphatic carboxylic acids is 1. The minimum atomic E-state index is -0.846. The fourth-order valence-electron chi connectivity index (χ4n) is 2.38. The Morgan fingerprint density at radius 3 is 2.75 bits per heavy atom. The molecular weight excluding hydrogens is 346 g/mol. The molecule has 8 heteroatoms. The first-order chi connectivity index (χ1) is 9.35. The van der Waals surface area contributed by atoms with E-state index in [1.54, 1.807) is 11.1 Å². The van der Waals surface area contributed by atoms with Crippen LogP contribution in [0.25, 0.3) is 0 Å². The fraction of sp³-hybridized carbons (Fsp3) is 0.583. The number of likely N-dealkylation sites (tertiary alicyclic amines) is 1. The number of anilines is 1. The Bertz CT molecular complexity index is 534. The summed E-state index contributed by atoms with van der Waals surface area (Å²) in [6.07, 6.45) is 2.09. The number of urea groups is 1. The molecule has 1 atom stereocenters. The van der Waals surface area contributed by atoms with Gasteiger partial charge < -0.3 is 10.0 Å². The first-order valence-corrected chi connectivity index (χ1v) is 7.87. The second-order valence-electron chi connectivity index (χ2n) is 5.19. The van der Waals surface area contributed by atoms with E-state index in [1.807, 2.05) is 13.8 Å². The standard InChI is InChI=1S/C12H16BrN3O3S/c1-7(2)12(9(17)18)3-4-16(6-12)11(19)15-10-14-5-8(13)20-10/h5,7H,3-4,6H2,1-2H3,(H,17,18)(H,14,15,19). The molecule has 0 radical (unpaired) electrons. The topological polar surface area (TPSA) is 82.5 Å². The molecule has 1 saturated heterocycles. The second kappa shape index (κ2) is 5.69. The summed E-state index contributed by atoms with van der Waals surface area (Å²) < 4.78 is 0.830. The molecule has 2 N–H and O–H groups in total. The molecule has 0 saturated carbocycles. The molecule has 1 aromatic heterocycles. The zero-order valence-corrected chi connectivity index (χ0v) is 13.6. The summed E-state index contributed by atoms with van der Waals surface area (Å²) in [4.78, 5) is 29.2. The molecule has 2 heterocycles. The van der Waals surface area contributed by atoms with Crippen molar-refractivity contribution in [2.75, 3.05) is 18.4 Å². The van der Waals surface area contributed by atoms with Crippen molar-refractivity contribution in [1.82, 2.24) is 9.88 Å². The summed E-state index contributed by atoms with van der Waals surface area (Å²) in [6.45, 7) is 4.45. The van der Waals surface area contributed by atoms with Crippen molar-refractivity contribution in [2.45, 2.75) is 20.3 Å². The van der Waals surface area contributed by atoms with Gasteiger partial charge in [0.1, 0.15) is 0 Å². The normalized spacial score (nSPS) is 22.3. The predicted octanol–water partition coefficient (Wildman–Crippen LogP) is 2.87. The van der Waals surface area contributed by atoms with E-state index in [4.69, 9.17) is 0 Å². The molecule has 1 aliphatic rings. The molecule has 20 heavy (non-hydrogen) atoms. The third-order valence-corrected chi connectivity index (χ3v) is 5.20. The van der Waals surface area contributed by atoms with Crippen LogP contribution in [0.3, 0.4) is 0 Å². The van der Waals surface area contributed by atoms with Gasteiger partial charge in [0.25, 0.3) is 0 Å². The minimum Gasteiger partial charge on any atom is -0.481 e. The molecule has 1 unspecified atom stereocenters. The minimum absolute atomic E-state index is 0.0215. The van der Waals surface area contributed by atoms with Gasteiger partial charge in [-0.15, -0.1) is 0 Å². The van der Waals surface area contributed by atoms with Crippen LogP contribution in [0.1, 0.15) is 20.3 Å². The lowest BCUT2D eigenvalue weighted by atomic mass is 9.76. The van der Waals surface area contributed by atoms with Gasteiger partial charge in [-0.05, 0) is 28.3 Å². The predicted molar refractivity (Wildman–Crippen MR) is 79.9 cm³/mol. The highest BCUT2D eigenvalue weighted by atomic mass is 79.9. The Hall–Kier alpha value is -1.15. The highest BCUT2D eigenvalue weighted by Gasteiger charge is 2.48. The monoisotopic (exact) mass is 361 g/mol. The van der Waals surface area contributed by atoms with Gasteiger partial charge >= 0.3 is 12.0 Å². The maximum atomic E-state index is 12.1. The Morgan fingerprint density at radius 2 is 2.30 bits per heavy atom. The van der Waals surface area contributed by atoms with Crippen molar-refractivity contribution in [3.05, 3.63) is 9.98 Å². The number of aromatic nitrogens is 1. The molecule has 2 rings (SSSR count). The number of carbonyl (C=O) groups excluding carboxylic acids is 1. The molecule has 1 fully saturated rings. The van der Waals surface area contributed by atoms with E-state index in [1.165, 1.54) is 11.3 Å². The number of halogens is 1. The van der Waals surface area contributed by atoms with Crippen LogP contribution in [0.2, 0.25) is 0 Å². The van der Waals surface area contributed by atoms with E-state index >= 15 is 0 Å². The van der Waals surface area contributed by atoms with Crippen LogP contribution in [0, 0.1) is 11.3 Å². The summed E-state index contributed by atoms with van der Waals surface area (Å²) in [5.74, 6) is -0.855. The van der Waals surface area contributed by atoms with Crippen molar-refractivity contribution < 1.29 is 14.7 Å². The molecule has 1 aliphatic heterocycles. The molecule has 0 aliphatic carbocycles. The van der Waals surface area contributed by atoms with E-state index in [0.29, 0.717) is 18.1 Å². The van der Waals surface area contributed by atoms with Gasteiger partial charge in [0.15, 0.2) is 5.13 Å². The summed E-state index contributed by atoms with van der Waals surface area (Å²) in [6, 6.07) is -0.296. The highest BCUT2D eigenvalue weighted by molar-refractivity contribution is 9.11. The smallest absolute Gasteiger partial charge is 0.323 e. The maximum Gasteiger partial charge on any atom is 0.323 e. The van der Waals surface area contributed by atoms with Gasteiger partial charge in [0, 0.05) is 13.1 Å². The lowest BCUT2D eigenvalue weighted by Crippen LogP contribution is -2.41. The van der Waals surface area contributed by atoms with Gasteiger partial charge in [0.2, 0.25) is 0 Å². The average molecular weight is 362 g/mol. The van der Waals surface area contributed by atoms with Gasteiger partial charge in [-0.1, -0.05) is 25.2 Å². The van der Waals surface area contributed by atoms with E-state index in [-0.39, 0.29) is 18.5 Å². The van der Waals surface area contributed by atoms with Gasteiger partial charge in [-0.2, -0.15) is 0 Å². The zero-order valence-electron chi connectivity index (χ0n) is 11.2. The van der Waals surface area contributed by atoms with Crippen molar-refractivity contribution in [2.24, 2.45) is 11.3 Å². The number of carboxylic acids is 1. The van der Waals surface area contributed by atoms with E-state index < -0.39 is 11.4 Å². The second-order valence-corrected chi connectivity index (χ2v) is 7.60. The number of amides is 2. The van der Waals surface area contributed by atoms with E-state index in [0.717, 1.165) is 3.79 Å². The van der Waals surface area contributed by atoms with Crippen LogP contribution in [0.15, 0.2) is 9.98 Å². The molecular formula is C12H16BrN3O3S. The van der Waals surface area contributed by atoms with Crippen LogP contribution in [0.4, 0.5) is 9.93 Å². The molecule has 1 aromatic rings. The van der Waals surface area contributed by atoms with Crippen LogP contribution >= 0.6 is 27.3 Å². The summed E-state index contributed by atoms with van der Waals surface area (Å²) in [7, 11) is 0. The molecule has 0 bridgehead atoms. The molecule has 0 spiro atoms. The summed E-state index contributed by atoms with van der Waals surface area (Å²) >= 11 is 4.59. The van der Waals surface area contributed by atoms with Crippen molar-refractivity contribution in [1.29, 1.82) is 0 Å². The number of carboxylic acid groups (broad SMARTS) is 1. The maximum absolute atomic E-state index is 12.1. The van der Waals surface area contributed by atoms with Gasteiger partial charge in [-0.25, -0.2) is 9.78 Å². The lowest BCUT2D eigenvalue weighted by molar-refractivity contribution is -0.150. The third kappa shape index (κ3) is 2.80. The number of thiazole rings is 1. The van der Waals surface area contributed by atoms with E-state index in [9.17, 15) is 14.7 Å². The number of nitrogens with one attached hydrogen (secondary N) is 1. The Kier molecular flexibility index (Phi) is 4.33. The molecule has 2 amide bonds. The van der Waals surface area contributed by atoms with Crippen molar-refractivity contribution in [3.8, 4) is 0 Å². The fourth-order valence-corrected chi connectivity index (χ4v) is 3.48. The van der Waals surface area contributed by atoms with Crippen molar-refractivity contribution >= 4 is 44.4 Å². The van der Waals surface area contributed by atoms with Crippen LogP contribution in [-0.4, -0.2) is 40.1 Å². The quantitative estimate of drug-likeness (QED) is 0.866. The first kappa shape index (κ1) is 15.2. The third-order valence-electron chi connectivity index (χ3n) is 3.81. The number of carbonyl (C=O) groups is 2.